The molecule has 0 unspecified atom stereocenters. The van der Waals surface area contributed by atoms with Gasteiger partial charge in [-0.2, -0.15) is 0 Å². The molecule has 2 bridgehead atoms. The van der Waals surface area contributed by atoms with Crippen LogP contribution in [0.15, 0.2) is 78.9 Å². The van der Waals surface area contributed by atoms with Crippen molar-refractivity contribution in [2.24, 2.45) is 11.3 Å². The summed E-state index contributed by atoms with van der Waals surface area (Å²) in [6, 6.07) is 24.5. The minimum absolute atomic E-state index is 0.116. The zero-order valence-electron chi connectivity index (χ0n) is 21.2. The van der Waals surface area contributed by atoms with Gasteiger partial charge in [0.2, 0.25) is 5.91 Å². The number of likely N-dealkylation sites (tertiary alicyclic amines) is 1. The van der Waals surface area contributed by atoms with Crippen molar-refractivity contribution in [3.05, 3.63) is 107 Å². The number of carbonyl (C=O) groups excluding carboxylic acids is 1. The Morgan fingerprint density at radius 2 is 1.76 bits per heavy atom. The zero-order chi connectivity index (χ0) is 25.8. The molecular formula is C32H31NO4. The first-order valence-corrected chi connectivity index (χ1v) is 12.9. The van der Waals surface area contributed by atoms with Gasteiger partial charge in [0.25, 0.3) is 0 Å². The molecule has 1 saturated carbocycles. The highest BCUT2D eigenvalue weighted by molar-refractivity contribution is 5.93. The Morgan fingerprint density at radius 3 is 2.51 bits per heavy atom. The number of aliphatic carboxylic acids is 1. The predicted molar refractivity (Wildman–Crippen MR) is 143 cm³/mol. The average Bonchev–Trinajstić information content (AvgIpc) is 3.37. The largest absolute Gasteiger partial charge is 0.496 e. The van der Waals surface area contributed by atoms with Gasteiger partial charge in [-0.15, -0.1) is 0 Å². The van der Waals surface area contributed by atoms with Crippen molar-refractivity contribution in [1.29, 1.82) is 0 Å². The summed E-state index contributed by atoms with van der Waals surface area (Å²) in [6.45, 7) is 2.70. The zero-order valence-corrected chi connectivity index (χ0v) is 21.2. The van der Waals surface area contributed by atoms with Gasteiger partial charge in [0, 0.05) is 42.0 Å². The van der Waals surface area contributed by atoms with E-state index in [-0.39, 0.29) is 24.3 Å². The fraction of sp³-hybridized carbons (Fsp3) is 0.312. The summed E-state index contributed by atoms with van der Waals surface area (Å²) in [5.41, 5.74) is 4.03. The standard InChI is InChI=1S/C32H31NO4/c1-21-11-14-23(15-12-21)31-18-17-26(24-8-4-5-9-25(24)31)32(30(35)36)20-33(19-28(31)32)29(34)16-13-22-7-3-6-10-27(22)37-2/h3-16,26,28H,17-20H2,1-2H3,(H,35,36)/b16-13+/t26-,28-,31-,32-/m0/s1. The Balaban J connectivity index is 1.45. The van der Waals surface area contributed by atoms with Crippen LogP contribution < -0.4 is 4.74 Å². The number of ether oxygens (including phenoxy) is 1. The highest BCUT2D eigenvalue weighted by Crippen LogP contribution is 2.68. The summed E-state index contributed by atoms with van der Waals surface area (Å²) < 4.78 is 5.42. The van der Waals surface area contributed by atoms with E-state index in [4.69, 9.17) is 4.74 Å². The van der Waals surface area contributed by atoms with E-state index in [2.05, 4.69) is 49.4 Å². The van der Waals surface area contributed by atoms with Gasteiger partial charge in [-0.05, 0) is 48.6 Å². The van der Waals surface area contributed by atoms with Gasteiger partial charge in [-0.3, -0.25) is 9.59 Å². The third-order valence-corrected chi connectivity index (χ3v) is 9.16. The molecule has 188 valence electrons. The van der Waals surface area contributed by atoms with Crippen LogP contribution in [-0.4, -0.2) is 42.1 Å². The molecule has 1 aliphatic heterocycles. The molecule has 1 saturated heterocycles. The number of fused-ring (bicyclic) bond motifs is 1. The molecule has 2 fully saturated rings. The number of methoxy groups -OCH3 is 1. The first kappa shape index (κ1) is 23.5. The summed E-state index contributed by atoms with van der Waals surface area (Å²) in [7, 11) is 1.61. The van der Waals surface area contributed by atoms with E-state index < -0.39 is 16.8 Å². The maximum atomic E-state index is 13.5. The second kappa shape index (κ2) is 8.62. The van der Waals surface area contributed by atoms with Gasteiger partial charge < -0.3 is 14.7 Å². The Hall–Kier alpha value is -3.86. The normalized spacial score (nSPS) is 27.7. The number of amides is 1. The molecule has 5 heteroatoms. The lowest BCUT2D eigenvalue weighted by Crippen LogP contribution is -2.60. The fourth-order valence-corrected chi connectivity index (χ4v) is 7.54. The molecule has 0 spiro atoms. The number of nitrogens with zero attached hydrogens (tertiary/aromatic N) is 1. The van der Waals surface area contributed by atoms with E-state index in [0.717, 1.165) is 29.5 Å². The van der Waals surface area contributed by atoms with E-state index in [1.807, 2.05) is 30.3 Å². The van der Waals surface area contributed by atoms with Crippen LogP contribution in [0.4, 0.5) is 0 Å². The molecule has 1 amide bonds. The molecular weight excluding hydrogens is 462 g/mol. The molecule has 4 atom stereocenters. The van der Waals surface area contributed by atoms with Gasteiger partial charge in [0.1, 0.15) is 5.75 Å². The topological polar surface area (TPSA) is 66.8 Å². The average molecular weight is 494 g/mol. The van der Waals surface area contributed by atoms with Crippen LogP contribution in [0.5, 0.6) is 5.75 Å². The number of hydrogen-bond acceptors (Lipinski definition) is 3. The summed E-state index contributed by atoms with van der Waals surface area (Å²) in [4.78, 5) is 28.5. The van der Waals surface area contributed by atoms with Crippen molar-refractivity contribution in [2.75, 3.05) is 20.2 Å². The lowest BCUT2D eigenvalue weighted by atomic mass is 9.42. The van der Waals surface area contributed by atoms with Gasteiger partial charge in [-0.1, -0.05) is 72.3 Å². The van der Waals surface area contributed by atoms with Crippen molar-refractivity contribution >= 4 is 18.0 Å². The molecule has 3 aromatic rings. The minimum atomic E-state index is -1.02. The van der Waals surface area contributed by atoms with Gasteiger partial charge in [0.15, 0.2) is 0 Å². The van der Waals surface area contributed by atoms with E-state index in [9.17, 15) is 14.7 Å². The van der Waals surface area contributed by atoms with Crippen molar-refractivity contribution in [1.82, 2.24) is 4.90 Å². The highest BCUT2D eigenvalue weighted by atomic mass is 16.5. The first-order valence-electron chi connectivity index (χ1n) is 12.9. The smallest absolute Gasteiger partial charge is 0.312 e. The Bertz CT molecular complexity index is 1410. The third-order valence-electron chi connectivity index (χ3n) is 9.16. The number of para-hydroxylation sites is 1. The molecule has 0 aromatic heterocycles. The van der Waals surface area contributed by atoms with E-state index >= 15 is 0 Å². The van der Waals surface area contributed by atoms with Crippen LogP contribution in [0.25, 0.3) is 6.08 Å². The third kappa shape index (κ3) is 3.29. The van der Waals surface area contributed by atoms with Crippen LogP contribution in [0, 0.1) is 18.3 Å². The SMILES string of the molecule is COc1ccccc1/C=C/C(=O)N1C[C@H]2[C@]3(c4ccc(C)cc4)CC[C@@H](c4ccccc43)[C@@]2(C(=O)O)C1. The van der Waals surface area contributed by atoms with Crippen LogP contribution >= 0.6 is 0 Å². The fourth-order valence-electron chi connectivity index (χ4n) is 7.54. The van der Waals surface area contributed by atoms with Crippen molar-refractivity contribution in [3.8, 4) is 5.75 Å². The lowest BCUT2D eigenvalue weighted by molar-refractivity contribution is -0.157. The molecule has 4 aliphatic rings. The number of hydrogen-bond donors (Lipinski definition) is 1. The van der Waals surface area contributed by atoms with E-state index in [0.29, 0.717) is 12.3 Å². The number of carboxylic acid groups (broad SMARTS) is 1. The molecule has 7 rings (SSSR count). The van der Waals surface area contributed by atoms with E-state index in [1.165, 1.54) is 11.1 Å². The molecule has 3 aromatic carbocycles. The lowest BCUT2D eigenvalue weighted by Gasteiger charge is -2.59. The Morgan fingerprint density at radius 1 is 1.03 bits per heavy atom. The van der Waals surface area contributed by atoms with Crippen LogP contribution in [0.1, 0.15) is 46.6 Å². The van der Waals surface area contributed by atoms with Crippen molar-refractivity contribution < 1.29 is 19.4 Å². The summed E-state index contributed by atoms with van der Waals surface area (Å²) in [5, 5.41) is 10.9. The van der Waals surface area contributed by atoms with Crippen molar-refractivity contribution in [2.45, 2.75) is 31.1 Å². The number of rotatable bonds is 5. The molecule has 1 N–H and O–H groups in total. The first-order chi connectivity index (χ1) is 17.9. The summed E-state index contributed by atoms with van der Waals surface area (Å²) in [6.07, 6.45) is 5.00. The second-order valence-corrected chi connectivity index (χ2v) is 10.7. The highest BCUT2D eigenvalue weighted by Gasteiger charge is 2.70. The van der Waals surface area contributed by atoms with Gasteiger partial charge >= 0.3 is 5.97 Å². The Kier molecular flexibility index (Phi) is 5.48. The van der Waals surface area contributed by atoms with Crippen molar-refractivity contribution in [3.63, 3.8) is 0 Å². The maximum absolute atomic E-state index is 13.5. The quantitative estimate of drug-likeness (QED) is 0.482. The Labute approximate surface area is 217 Å². The number of carbonyl (C=O) groups is 2. The summed E-state index contributed by atoms with van der Waals surface area (Å²) >= 11 is 0. The van der Waals surface area contributed by atoms with E-state index in [1.54, 1.807) is 24.2 Å². The predicted octanol–water partition coefficient (Wildman–Crippen LogP) is 5.42. The maximum Gasteiger partial charge on any atom is 0.312 e. The molecule has 3 aliphatic carbocycles. The van der Waals surface area contributed by atoms with Gasteiger partial charge in [-0.25, -0.2) is 0 Å². The second-order valence-electron chi connectivity index (χ2n) is 10.7. The molecule has 37 heavy (non-hydrogen) atoms. The number of aryl methyl sites for hydroxylation is 1. The monoisotopic (exact) mass is 493 g/mol. The minimum Gasteiger partial charge on any atom is -0.496 e. The van der Waals surface area contributed by atoms with Crippen LogP contribution in [-0.2, 0) is 15.0 Å². The van der Waals surface area contributed by atoms with Gasteiger partial charge in [0.05, 0.1) is 12.5 Å². The molecule has 1 heterocycles. The van der Waals surface area contributed by atoms with Crippen LogP contribution in [0.2, 0.25) is 0 Å². The number of carboxylic acids is 1. The molecule has 5 nitrogen and oxygen atoms in total. The van der Waals surface area contributed by atoms with Crippen LogP contribution in [0.3, 0.4) is 0 Å². The summed E-state index contributed by atoms with van der Waals surface area (Å²) in [5.74, 6) is -0.594. The molecule has 0 radical (unpaired) electrons. The number of benzene rings is 3.